The average molecular weight is 370 g/mol. The molecule has 1 aromatic heterocycles. The molecule has 0 aliphatic carbocycles. The number of benzene rings is 2. The molecule has 2 atom stereocenters. The van der Waals surface area contributed by atoms with E-state index in [-0.39, 0.29) is 22.8 Å². The third-order valence-corrected chi connectivity index (χ3v) is 7.38. The minimum absolute atomic E-state index is 0.0996. The maximum absolute atomic E-state index is 13.9. The number of halogens is 1. The first-order valence-electron chi connectivity index (χ1n) is 8.86. The van der Waals surface area contributed by atoms with E-state index in [2.05, 4.69) is 5.32 Å². The van der Waals surface area contributed by atoms with E-state index in [9.17, 15) is 12.8 Å². The van der Waals surface area contributed by atoms with E-state index in [4.69, 9.17) is 0 Å². The Hall–Kier alpha value is -2.18. The van der Waals surface area contributed by atoms with Crippen LogP contribution in [0.4, 0.5) is 4.39 Å². The fourth-order valence-corrected chi connectivity index (χ4v) is 6.00. The maximum Gasteiger partial charge on any atom is 0.268 e. The van der Waals surface area contributed by atoms with Gasteiger partial charge in [0.2, 0.25) is 0 Å². The van der Waals surface area contributed by atoms with Gasteiger partial charge in [0.25, 0.3) is 10.0 Å². The molecule has 2 unspecified atom stereocenters. The summed E-state index contributed by atoms with van der Waals surface area (Å²) in [5.41, 5.74) is 3.32. The third-order valence-electron chi connectivity index (χ3n) is 5.61. The van der Waals surface area contributed by atoms with Gasteiger partial charge in [-0.2, -0.15) is 0 Å². The second-order valence-corrected chi connectivity index (χ2v) is 9.09. The molecule has 4 nitrogen and oxygen atoms in total. The van der Waals surface area contributed by atoms with Crippen molar-refractivity contribution in [3.8, 4) is 0 Å². The number of hydrogen-bond acceptors (Lipinski definition) is 3. The molecule has 5 rings (SSSR count). The zero-order valence-corrected chi connectivity index (χ0v) is 15.2. The number of hydrogen-bond donors (Lipinski definition) is 1. The summed E-state index contributed by atoms with van der Waals surface area (Å²) in [7, 11) is -3.75. The summed E-state index contributed by atoms with van der Waals surface area (Å²) in [5.74, 6) is -0.342. The maximum atomic E-state index is 13.9. The molecule has 1 saturated heterocycles. The lowest BCUT2D eigenvalue weighted by Gasteiger charge is -2.23. The molecule has 1 fully saturated rings. The summed E-state index contributed by atoms with van der Waals surface area (Å²) in [5, 5.41) is 4.24. The van der Waals surface area contributed by atoms with Crippen LogP contribution in [-0.2, 0) is 16.4 Å². The highest BCUT2D eigenvalue weighted by Gasteiger charge is 2.39. The lowest BCUT2D eigenvalue weighted by Crippen LogP contribution is -2.33. The molecule has 3 aromatic rings. The molecule has 26 heavy (non-hydrogen) atoms. The van der Waals surface area contributed by atoms with Crippen LogP contribution >= 0.6 is 0 Å². The largest absolute Gasteiger partial charge is 0.307 e. The minimum atomic E-state index is -3.75. The van der Waals surface area contributed by atoms with Gasteiger partial charge in [0.05, 0.1) is 10.4 Å². The topological polar surface area (TPSA) is 51.1 Å². The highest BCUT2D eigenvalue weighted by Crippen LogP contribution is 2.43. The van der Waals surface area contributed by atoms with E-state index in [1.165, 1.54) is 16.1 Å². The molecule has 2 aromatic carbocycles. The van der Waals surface area contributed by atoms with E-state index in [0.29, 0.717) is 17.3 Å². The van der Waals surface area contributed by atoms with E-state index in [1.54, 1.807) is 30.3 Å². The molecule has 2 aliphatic heterocycles. The van der Waals surface area contributed by atoms with Crippen molar-refractivity contribution in [3.63, 3.8) is 0 Å². The number of fused-ring (bicyclic) bond motifs is 6. The van der Waals surface area contributed by atoms with Crippen LogP contribution in [-0.4, -0.2) is 18.4 Å². The Labute approximate surface area is 151 Å². The van der Waals surface area contributed by atoms with Crippen molar-refractivity contribution in [1.82, 2.24) is 9.29 Å². The molecule has 1 N–H and O–H groups in total. The average Bonchev–Trinajstić information content (AvgIpc) is 3.14. The van der Waals surface area contributed by atoms with Gasteiger partial charge in [0.15, 0.2) is 0 Å². The van der Waals surface area contributed by atoms with Gasteiger partial charge in [-0.15, -0.1) is 0 Å². The van der Waals surface area contributed by atoms with Crippen LogP contribution in [0.2, 0.25) is 0 Å². The molecule has 0 amide bonds. The summed E-state index contributed by atoms with van der Waals surface area (Å²) < 4.78 is 42.3. The molecule has 134 valence electrons. The van der Waals surface area contributed by atoms with Crippen molar-refractivity contribution in [3.05, 3.63) is 65.1 Å². The summed E-state index contributed by atoms with van der Waals surface area (Å²) in [4.78, 5) is 0.262. The lowest BCUT2D eigenvalue weighted by atomic mass is 9.99. The standard InChI is InChI=1S/C20H19FN2O2S/c1-12-2-6-15(7-3-12)26(24,25)23-18-9-4-13(21)10-16(18)20-17-8-5-14(22-17)11-19(20)23/h2-4,6-7,9-10,14,17,22H,5,8,11H2,1H3. The number of aromatic nitrogens is 1. The number of aryl methyl sites for hydroxylation is 1. The van der Waals surface area contributed by atoms with Crippen molar-refractivity contribution in [2.75, 3.05) is 0 Å². The van der Waals surface area contributed by atoms with Crippen molar-refractivity contribution >= 4 is 20.9 Å². The van der Waals surface area contributed by atoms with Gasteiger partial charge in [0, 0.05) is 29.6 Å². The summed E-state index contributed by atoms with van der Waals surface area (Å²) >= 11 is 0. The van der Waals surface area contributed by atoms with Gasteiger partial charge in [-0.3, -0.25) is 0 Å². The Kier molecular flexibility index (Phi) is 3.33. The van der Waals surface area contributed by atoms with Crippen LogP contribution < -0.4 is 5.32 Å². The van der Waals surface area contributed by atoms with Gasteiger partial charge in [-0.05, 0) is 55.7 Å². The monoisotopic (exact) mass is 370 g/mol. The Morgan fingerprint density at radius 2 is 1.88 bits per heavy atom. The highest BCUT2D eigenvalue weighted by molar-refractivity contribution is 7.90. The molecule has 3 heterocycles. The second-order valence-electron chi connectivity index (χ2n) is 7.30. The van der Waals surface area contributed by atoms with Crippen molar-refractivity contribution in [1.29, 1.82) is 0 Å². The van der Waals surface area contributed by atoms with E-state index in [1.807, 2.05) is 6.92 Å². The van der Waals surface area contributed by atoms with Crippen LogP contribution in [0.5, 0.6) is 0 Å². The quantitative estimate of drug-likeness (QED) is 0.749. The second kappa shape index (κ2) is 5.41. The molecule has 0 radical (unpaired) electrons. The Morgan fingerprint density at radius 3 is 2.65 bits per heavy atom. The van der Waals surface area contributed by atoms with Gasteiger partial charge in [-0.25, -0.2) is 16.8 Å². The number of nitrogens with zero attached hydrogens (tertiary/aromatic N) is 1. The normalized spacial score (nSPS) is 21.9. The van der Waals surface area contributed by atoms with Crippen LogP contribution in [0.1, 0.15) is 35.7 Å². The predicted octanol–water partition coefficient (Wildman–Crippen LogP) is 3.68. The molecule has 0 saturated carbocycles. The van der Waals surface area contributed by atoms with Crippen LogP contribution in [0.15, 0.2) is 47.4 Å². The highest BCUT2D eigenvalue weighted by atomic mass is 32.2. The summed E-state index contributed by atoms with van der Waals surface area (Å²) in [6, 6.07) is 11.7. The molecular formula is C20H19FN2O2S. The molecule has 0 spiro atoms. The lowest BCUT2D eigenvalue weighted by molar-refractivity contribution is 0.507. The van der Waals surface area contributed by atoms with E-state index in [0.717, 1.165) is 29.7 Å². The minimum Gasteiger partial charge on any atom is -0.307 e. The number of rotatable bonds is 2. The molecule has 2 aliphatic rings. The first kappa shape index (κ1) is 16.0. The zero-order valence-electron chi connectivity index (χ0n) is 14.4. The van der Waals surface area contributed by atoms with Gasteiger partial charge in [-0.1, -0.05) is 17.7 Å². The predicted molar refractivity (Wildman–Crippen MR) is 98.3 cm³/mol. The Morgan fingerprint density at radius 1 is 1.12 bits per heavy atom. The zero-order chi connectivity index (χ0) is 18.1. The molecule has 6 heteroatoms. The third kappa shape index (κ3) is 2.18. The van der Waals surface area contributed by atoms with Crippen LogP contribution in [0.3, 0.4) is 0 Å². The van der Waals surface area contributed by atoms with E-state index < -0.39 is 10.0 Å². The summed E-state index contributed by atoms with van der Waals surface area (Å²) in [6.45, 7) is 1.93. The van der Waals surface area contributed by atoms with Crippen molar-refractivity contribution in [2.45, 2.75) is 43.2 Å². The van der Waals surface area contributed by atoms with Crippen molar-refractivity contribution < 1.29 is 12.8 Å². The fourth-order valence-electron chi connectivity index (χ4n) is 4.42. The van der Waals surface area contributed by atoms with Gasteiger partial charge >= 0.3 is 0 Å². The molecular weight excluding hydrogens is 351 g/mol. The first-order valence-corrected chi connectivity index (χ1v) is 10.3. The smallest absolute Gasteiger partial charge is 0.268 e. The number of nitrogens with one attached hydrogen (secondary N) is 1. The van der Waals surface area contributed by atoms with Gasteiger partial charge < -0.3 is 5.32 Å². The first-order chi connectivity index (χ1) is 12.4. The molecule has 2 bridgehead atoms. The SMILES string of the molecule is Cc1ccc(S(=O)(=O)n2c3c(c4cc(F)ccc42)C2CCC(C3)N2)cc1. The van der Waals surface area contributed by atoms with Crippen LogP contribution in [0.25, 0.3) is 10.9 Å². The fraction of sp³-hybridized carbons (Fsp3) is 0.300. The van der Waals surface area contributed by atoms with E-state index >= 15 is 0 Å². The van der Waals surface area contributed by atoms with Crippen molar-refractivity contribution in [2.24, 2.45) is 0 Å². The Bertz CT molecular complexity index is 1130. The van der Waals surface area contributed by atoms with Crippen LogP contribution in [0, 0.1) is 12.7 Å². The van der Waals surface area contributed by atoms with Gasteiger partial charge in [0.1, 0.15) is 5.82 Å². The summed E-state index contributed by atoms with van der Waals surface area (Å²) in [6.07, 6.45) is 2.62. The Balaban J connectivity index is 1.84.